The predicted molar refractivity (Wildman–Crippen MR) is 78.0 cm³/mol. The number of nitrogens with one attached hydrogen (secondary N) is 1. The molecule has 2 heteroatoms. The Kier molecular flexibility index (Phi) is 2.90. The largest absolute Gasteiger partial charge is 0.508 e. The molecule has 0 heterocycles. The van der Waals surface area contributed by atoms with Crippen molar-refractivity contribution in [2.45, 2.75) is 52.6 Å². The van der Waals surface area contributed by atoms with Crippen LogP contribution in [0.25, 0.3) is 0 Å². The first-order valence-electron chi connectivity index (χ1n) is 7.45. The lowest BCUT2D eigenvalue weighted by molar-refractivity contribution is 0.120. The van der Waals surface area contributed by atoms with Gasteiger partial charge in [-0.3, -0.25) is 0 Å². The van der Waals surface area contributed by atoms with E-state index in [9.17, 15) is 5.11 Å². The molecule has 2 fully saturated rings. The van der Waals surface area contributed by atoms with Crippen LogP contribution in [-0.4, -0.2) is 11.1 Å². The molecule has 2 aliphatic rings. The molecule has 0 unspecified atom stereocenters. The molecular weight excluding hydrogens is 234 g/mol. The number of rotatable bonds is 3. The van der Waals surface area contributed by atoms with Crippen molar-refractivity contribution in [3.63, 3.8) is 0 Å². The fraction of sp³-hybridized carbons (Fsp3) is 0.647. The first kappa shape index (κ1) is 13.0. The number of phenolic OH excluding ortho intramolecular Hbond substituents is 1. The minimum Gasteiger partial charge on any atom is -0.508 e. The minimum atomic E-state index is 0.405. The number of para-hydroxylation sites is 1. The lowest BCUT2D eigenvalue weighted by Crippen LogP contribution is -2.44. The average Bonchev–Trinajstić information content (AvgIpc) is 2.70. The van der Waals surface area contributed by atoms with Gasteiger partial charge in [-0.05, 0) is 42.1 Å². The highest BCUT2D eigenvalue weighted by molar-refractivity contribution is 5.31. The summed E-state index contributed by atoms with van der Waals surface area (Å²) >= 11 is 0. The van der Waals surface area contributed by atoms with E-state index in [2.05, 4.69) is 26.1 Å². The second kappa shape index (κ2) is 4.24. The van der Waals surface area contributed by atoms with Gasteiger partial charge in [0.25, 0.3) is 0 Å². The monoisotopic (exact) mass is 259 g/mol. The van der Waals surface area contributed by atoms with Gasteiger partial charge < -0.3 is 10.4 Å². The predicted octanol–water partition coefficient (Wildman–Crippen LogP) is 3.70. The third-order valence-corrected chi connectivity index (χ3v) is 6.32. The highest BCUT2D eigenvalue weighted by Crippen LogP contribution is 2.65. The smallest absolute Gasteiger partial charge is 0.120 e. The highest BCUT2D eigenvalue weighted by atomic mass is 16.3. The van der Waals surface area contributed by atoms with Gasteiger partial charge in [0.15, 0.2) is 0 Å². The van der Waals surface area contributed by atoms with Crippen LogP contribution < -0.4 is 5.32 Å². The van der Waals surface area contributed by atoms with E-state index in [-0.39, 0.29) is 0 Å². The first-order chi connectivity index (χ1) is 8.95. The van der Waals surface area contributed by atoms with Crippen molar-refractivity contribution < 1.29 is 5.11 Å². The van der Waals surface area contributed by atoms with Crippen LogP contribution in [0.3, 0.4) is 0 Å². The van der Waals surface area contributed by atoms with Gasteiger partial charge >= 0.3 is 0 Å². The average molecular weight is 259 g/mol. The summed E-state index contributed by atoms with van der Waals surface area (Å²) in [5, 5.41) is 13.5. The Hall–Kier alpha value is -1.02. The van der Waals surface area contributed by atoms with Crippen LogP contribution >= 0.6 is 0 Å². The number of fused-ring (bicyclic) bond motifs is 2. The topological polar surface area (TPSA) is 32.3 Å². The second-order valence-electron chi connectivity index (χ2n) is 7.17. The zero-order valence-corrected chi connectivity index (χ0v) is 12.2. The van der Waals surface area contributed by atoms with Crippen LogP contribution in [0.5, 0.6) is 5.75 Å². The van der Waals surface area contributed by atoms with E-state index in [0.717, 1.165) is 18.0 Å². The van der Waals surface area contributed by atoms with Gasteiger partial charge in [-0.25, -0.2) is 0 Å². The van der Waals surface area contributed by atoms with E-state index in [1.807, 2.05) is 18.2 Å². The maximum atomic E-state index is 9.84. The molecule has 0 aromatic heterocycles. The summed E-state index contributed by atoms with van der Waals surface area (Å²) < 4.78 is 0. The van der Waals surface area contributed by atoms with Crippen molar-refractivity contribution in [3.8, 4) is 5.75 Å². The summed E-state index contributed by atoms with van der Waals surface area (Å²) in [5.74, 6) is 1.27. The van der Waals surface area contributed by atoms with E-state index >= 15 is 0 Å². The molecule has 19 heavy (non-hydrogen) atoms. The Morgan fingerprint density at radius 2 is 2.00 bits per heavy atom. The lowest BCUT2D eigenvalue weighted by Gasteiger charge is -2.39. The second-order valence-corrected chi connectivity index (χ2v) is 7.17. The van der Waals surface area contributed by atoms with Crippen molar-refractivity contribution in [2.75, 3.05) is 0 Å². The molecule has 0 radical (unpaired) electrons. The Morgan fingerprint density at radius 1 is 1.26 bits per heavy atom. The number of hydrogen-bond acceptors (Lipinski definition) is 2. The van der Waals surface area contributed by atoms with Gasteiger partial charge in [-0.2, -0.15) is 0 Å². The van der Waals surface area contributed by atoms with Gasteiger partial charge in [0, 0.05) is 18.2 Å². The number of aromatic hydroxyl groups is 1. The summed E-state index contributed by atoms with van der Waals surface area (Å²) in [6.45, 7) is 8.09. The van der Waals surface area contributed by atoms with Gasteiger partial charge in [-0.1, -0.05) is 39.0 Å². The van der Waals surface area contributed by atoms with Crippen LogP contribution in [0.1, 0.15) is 45.6 Å². The third kappa shape index (κ3) is 1.80. The van der Waals surface area contributed by atoms with E-state index in [0.29, 0.717) is 22.6 Å². The molecule has 1 aromatic carbocycles. The van der Waals surface area contributed by atoms with Crippen LogP contribution in [-0.2, 0) is 6.54 Å². The fourth-order valence-corrected chi connectivity index (χ4v) is 4.41. The zero-order valence-electron chi connectivity index (χ0n) is 12.2. The Morgan fingerprint density at radius 3 is 2.58 bits per heavy atom. The molecule has 0 saturated heterocycles. The highest BCUT2D eigenvalue weighted by Gasteiger charge is 2.60. The molecule has 2 nitrogen and oxygen atoms in total. The molecule has 2 aliphatic carbocycles. The fourth-order valence-electron chi connectivity index (χ4n) is 4.41. The first-order valence-corrected chi connectivity index (χ1v) is 7.45. The van der Waals surface area contributed by atoms with Crippen LogP contribution in [0, 0.1) is 16.7 Å². The van der Waals surface area contributed by atoms with Crippen LogP contribution in [0.2, 0.25) is 0 Å². The van der Waals surface area contributed by atoms with Crippen molar-refractivity contribution in [1.29, 1.82) is 0 Å². The van der Waals surface area contributed by atoms with Crippen molar-refractivity contribution >= 4 is 0 Å². The molecule has 0 spiro atoms. The molecule has 2 saturated carbocycles. The van der Waals surface area contributed by atoms with Gasteiger partial charge in [0.1, 0.15) is 5.75 Å². The molecule has 3 rings (SSSR count). The quantitative estimate of drug-likeness (QED) is 0.867. The molecular formula is C17H25NO. The van der Waals surface area contributed by atoms with Crippen LogP contribution in [0.15, 0.2) is 24.3 Å². The maximum absolute atomic E-state index is 9.84. The minimum absolute atomic E-state index is 0.405. The van der Waals surface area contributed by atoms with E-state index in [4.69, 9.17) is 0 Å². The number of phenols is 1. The Bertz CT molecular complexity index is 482. The summed E-state index contributed by atoms with van der Waals surface area (Å²) in [7, 11) is 0. The van der Waals surface area contributed by atoms with E-state index in [1.165, 1.54) is 19.3 Å². The van der Waals surface area contributed by atoms with Crippen molar-refractivity contribution in [3.05, 3.63) is 29.8 Å². The van der Waals surface area contributed by atoms with E-state index in [1.54, 1.807) is 6.07 Å². The number of hydrogen-bond donors (Lipinski definition) is 2. The normalized spacial score (nSPS) is 35.7. The zero-order chi connectivity index (χ0) is 13.7. The van der Waals surface area contributed by atoms with Crippen molar-refractivity contribution in [1.82, 2.24) is 5.32 Å². The molecule has 3 atom stereocenters. The summed E-state index contributed by atoms with van der Waals surface area (Å²) in [6, 6.07) is 8.22. The van der Waals surface area contributed by atoms with Gasteiger partial charge in [0.2, 0.25) is 0 Å². The Labute approximate surface area is 116 Å². The Balaban J connectivity index is 1.71. The molecule has 0 amide bonds. The van der Waals surface area contributed by atoms with E-state index < -0.39 is 0 Å². The molecule has 104 valence electrons. The SMILES string of the molecule is CC1(C)[C@H]2CC[C@]1(C)[C@H](NCc1ccccc1O)C2. The molecule has 1 aromatic rings. The van der Waals surface area contributed by atoms with Crippen LogP contribution in [0.4, 0.5) is 0 Å². The van der Waals surface area contributed by atoms with Gasteiger partial charge in [0.05, 0.1) is 0 Å². The molecule has 2 bridgehead atoms. The number of benzene rings is 1. The van der Waals surface area contributed by atoms with Gasteiger partial charge in [-0.15, -0.1) is 0 Å². The molecule has 2 N–H and O–H groups in total. The standard InChI is InChI=1S/C17H25NO/c1-16(2)13-8-9-17(16,3)15(10-13)18-11-12-6-4-5-7-14(12)19/h4-7,13,15,18-19H,8-11H2,1-3H3/t13-,15+,17+/m0/s1. The lowest BCUT2D eigenvalue weighted by atomic mass is 9.69. The summed E-state index contributed by atoms with van der Waals surface area (Å²) in [4.78, 5) is 0. The summed E-state index contributed by atoms with van der Waals surface area (Å²) in [5.41, 5.74) is 1.86. The van der Waals surface area contributed by atoms with Crippen molar-refractivity contribution in [2.24, 2.45) is 16.7 Å². The molecule has 0 aliphatic heterocycles. The summed E-state index contributed by atoms with van der Waals surface area (Å²) in [6.07, 6.45) is 4.01. The maximum Gasteiger partial charge on any atom is 0.120 e. The third-order valence-electron chi connectivity index (χ3n) is 6.32.